The first kappa shape index (κ1) is 21.1. The summed E-state index contributed by atoms with van der Waals surface area (Å²) >= 11 is 0. The minimum Gasteiger partial charge on any atom is -0.335 e. The smallest absolute Gasteiger partial charge is 0.254 e. The normalized spacial score (nSPS) is 13.2. The lowest BCUT2D eigenvalue weighted by molar-refractivity contribution is 0.0741. The van der Waals surface area contributed by atoms with Gasteiger partial charge < -0.3 is 4.90 Å². The fourth-order valence-corrected chi connectivity index (χ4v) is 3.82. The zero-order valence-corrected chi connectivity index (χ0v) is 17.1. The van der Waals surface area contributed by atoms with Gasteiger partial charge in [0.1, 0.15) is 0 Å². The molecule has 2 N–H and O–H groups in total. The Morgan fingerprint density at radius 2 is 1.67 bits per heavy atom. The minimum absolute atomic E-state index is 0.0389. The summed E-state index contributed by atoms with van der Waals surface area (Å²) < 4.78 is 46.7. The number of primary sulfonamides is 1. The summed E-state index contributed by atoms with van der Waals surface area (Å²) in [6.45, 7) is 3.47. The lowest BCUT2D eigenvalue weighted by Gasteiger charge is -2.26. The SMILES string of the molecule is Cc1ccc(S(C)(=O)=O)cc1C(=O)N(C)C(C)c1cccc(S(N)(=O)=O)c1. The van der Waals surface area contributed by atoms with Gasteiger partial charge in [-0.05, 0) is 49.2 Å². The second-order valence-electron chi connectivity index (χ2n) is 6.46. The summed E-state index contributed by atoms with van der Waals surface area (Å²) in [4.78, 5) is 14.4. The van der Waals surface area contributed by atoms with Crippen molar-refractivity contribution >= 4 is 25.8 Å². The van der Waals surface area contributed by atoms with Crippen molar-refractivity contribution in [2.24, 2.45) is 5.14 Å². The van der Waals surface area contributed by atoms with E-state index in [1.807, 2.05) is 0 Å². The standard InChI is InChI=1S/C18H22N2O5S2/c1-12-8-9-15(26(4,22)23)11-17(12)18(21)20(3)13(2)14-6-5-7-16(10-14)27(19,24)25/h5-11,13H,1-4H3,(H2,19,24,25). The number of hydrogen-bond acceptors (Lipinski definition) is 5. The molecule has 0 radical (unpaired) electrons. The number of nitrogens with two attached hydrogens (primary N) is 1. The highest BCUT2D eigenvalue weighted by atomic mass is 32.2. The van der Waals surface area contributed by atoms with Crippen LogP contribution in [-0.2, 0) is 19.9 Å². The number of rotatable bonds is 5. The topological polar surface area (TPSA) is 115 Å². The molecule has 0 saturated carbocycles. The van der Waals surface area contributed by atoms with Gasteiger partial charge in [-0.2, -0.15) is 0 Å². The molecule has 27 heavy (non-hydrogen) atoms. The number of hydrogen-bond donors (Lipinski definition) is 1. The van der Waals surface area contributed by atoms with Gasteiger partial charge in [-0.1, -0.05) is 18.2 Å². The molecule has 0 aliphatic rings. The molecule has 0 saturated heterocycles. The van der Waals surface area contributed by atoms with Gasteiger partial charge in [0.15, 0.2) is 9.84 Å². The second-order valence-corrected chi connectivity index (χ2v) is 10.0. The summed E-state index contributed by atoms with van der Waals surface area (Å²) in [5.74, 6) is -0.369. The van der Waals surface area contributed by atoms with E-state index < -0.39 is 25.9 Å². The summed E-state index contributed by atoms with van der Waals surface area (Å²) in [6.07, 6.45) is 1.08. The van der Waals surface area contributed by atoms with Crippen molar-refractivity contribution in [3.63, 3.8) is 0 Å². The van der Waals surface area contributed by atoms with Crippen LogP contribution in [0.5, 0.6) is 0 Å². The minimum atomic E-state index is -3.86. The van der Waals surface area contributed by atoms with Crippen molar-refractivity contribution in [2.45, 2.75) is 29.7 Å². The van der Waals surface area contributed by atoms with Crippen LogP contribution in [0.3, 0.4) is 0 Å². The van der Waals surface area contributed by atoms with E-state index in [4.69, 9.17) is 5.14 Å². The fourth-order valence-electron chi connectivity index (χ4n) is 2.60. The Morgan fingerprint density at radius 1 is 1.04 bits per heavy atom. The maximum Gasteiger partial charge on any atom is 0.254 e. The van der Waals surface area contributed by atoms with Crippen LogP contribution in [0.25, 0.3) is 0 Å². The van der Waals surface area contributed by atoms with E-state index in [0.29, 0.717) is 11.1 Å². The Balaban J connectivity index is 2.41. The largest absolute Gasteiger partial charge is 0.335 e. The molecule has 0 fully saturated rings. The third kappa shape index (κ3) is 4.74. The monoisotopic (exact) mass is 410 g/mol. The summed E-state index contributed by atoms with van der Waals surface area (Å²) in [7, 11) is -5.73. The van der Waals surface area contributed by atoms with E-state index in [-0.39, 0.29) is 21.3 Å². The van der Waals surface area contributed by atoms with Crippen molar-refractivity contribution < 1.29 is 21.6 Å². The molecule has 2 aromatic carbocycles. The number of sulfonamides is 1. The maximum absolute atomic E-state index is 12.9. The number of amides is 1. The average molecular weight is 411 g/mol. The summed E-state index contributed by atoms with van der Waals surface area (Å²) in [5.41, 5.74) is 1.51. The van der Waals surface area contributed by atoms with Crippen molar-refractivity contribution in [1.82, 2.24) is 4.90 Å². The van der Waals surface area contributed by atoms with Crippen molar-refractivity contribution in [2.75, 3.05) is 13.3 Å². The molecule has 0 aromatic heterocycles. The fraction of sp³-hybridized carbons (Fsp3) is 0.278. The van der Waals surface area contributed by atoms with Gasteiger partial charge in [0.05, 0.1) is 15.8 Å². The number of sulfone groups is 1. The van der Waals surface area contributed by atoms with Crippen LogP contribution in [0.2, 0.25) is 0 Å². The molecule has 0 heterocycles. The molecule has 0 aliphatic heterocycles. The molecule has 1 unspecified atom stereocenters. The molecule has 2 aromatic rings. The average Bonchev–Trinajstić information content (AvgIpc) is 2.58. The van der Waals surface area contributed by atoms with E-state index in [1.165, 1.54) is 29.2 Å². The van der Waals surface area contributed by atoms with E-state index in [0.717, 1.165) is 6.26 Å². The van der Waals surface area contributed by atoms with Crippen LogP contribution in [0.15, 0.2) is 52.3 Å². The predicted molar refractivity (Wildman–Crippen MR) is 103 cm³/mol. The van der Waals surface area contributed by atoms with Crippen LogP contribution in [-0.4, -0.2) is 40.9 Å². The van der Waals surface area contributed by atoms with Crippen LogP contribution in [0.4, 0.5) is 0 Å². The molecule has 0 spiro atoms. The van der Waals surface area contributed by atoms with Gasteiger partial charge in [0.2, 0.25) is 10.0 Å². The van der Waals surface area contributed by atoms with Gasteiger partial charge in [-0.3, -0.25) is 4.79 Å². The number of carbonyl (C=O) groups is 1. The Kier molecular flexibility index (Phi) is 5.79. The quantitative estimate of drug-likeness (QED) is 0.808. The third-order valence-electron chi connectivity index (χ3n) is 4.44. The molecular formula is C18H22N2O5S2. The summed E-state index contributed by atoms with van der Waals surface area (Å²) in [5, 5.41) is 5.16. The second kappa shape index (κ2) is 7.41. The van der Waals surface area contributed by atoms with Crippen LogP contribution >= 0.6 is 0 Å². The van der Waals surface area contributed by atoms with Crippen LogP contribution in [0.1, 0.15) is 34.5 Å². The zero-order chi connectivity index (χ0) is 20.6. The van der Waals surface area contributed by atoms with Gasteiger partial charge >= 0.3 is 0 Å². The zero-order valence-electron chi connectivity index (χ0n) is 15.5. The van der Waals surface area contributed by atoms with Gasteiger partial charge in [0, 0.05) is 18.9 Å². The first-order valence-electron chi connectivity index (χ1n) is 8.03. The number of carbonyl (C=O) groups excluding carboxylic acids is 1. The molecule has 7 nitrogen and oxygen atoms in total. The predicted octanol–water partition coefficient (Wildman–Crippen LogP) is 1.88. The van der Waals surface area contributed by atoms with Gasteiger partial charge in [-0.15, -0.1) is 0 Å². The van der Waals surface area contributed by atoms with E-state index in [1.54, 1.807) is 39.1 Å². The molecule has 2 rings (SSSR count). The Labute approximate surface area is 159 Å². The third-order valence-corrected chi connectivity index (χ3v) is 6.46. The Morgan fingerprint density at radius 3 is 2.22 bits per heavy atom. The van der Waals surface area contributed by atoms with Gasteiger partial charge in [0.25, 0.3) is 5.91 Å². The molecule has 0 aliphatic carbocycles. The lowest BCUT2D eigenvalue weighted by Crippen LogP contribution is -2.30. The van der Waals surface area contributed by atoms with Crippen LogP contribution < -0.4 is 5.14 Å². The first-order chi connectivity index (χ1) is 12.3. The maximum atomic E-state index is 12.9. The lowest BCUT2D eigenvalue weighted by atomic mass is 10.0. The van der Waals surface area contributed by atoms with E-state index in [9.17, 15) is 21.6 Å². The highest BCUT2D eigenvalue weighted by Crippen LogP contribution is 2.25. The van der Waals surface area contributed by atoms with Crippen LogP contribution in [0, 0.1) is 6.92 Å². The Bertz CT molecular complexity index is 1090. The molecule has 0 bridgehead atoms. The van der Waals surface area contributed by atoms with Gasteiger partial charge in [-0.25, -0.2) is 22.0 Å². The number of benzene rings is 2. The highest BCUT2D eigenvalue weighted by Gasteiger charge is 2.23. The van der Waals surface area contributed by atoms with Crippen molar-refractivity contribution in [3.8, 4) is 0 Å². The first-order valence-corrected chi connectivity index (χ1v) is 11.5. The molecule has 1 amide bonds. The molecule has 146 valence electrons. The van der Waals surface area contributed by atoms with E-state index in [2.05, 4.69) is 0 Å². The Hall–Kier alpha value is -2.23. The number of nitrogens with zero attached hydrogens (tertiary/aromatic N) is 1. The van der Waals surface area contributed by atoms with Crippen molar-refractivity contribution in [1.29, 1.82) is 0 Å². The summed E-state index contributed by atoms with van der Waals surface area (Å²) in [6, 6.07) is 10.0. The molecule has 9 heteroatoms. The van der Waals surface area contributed by atoms with E-state index >= 15 is 0 Å². The highest BCUT2D eigenvalue weighted by molar-refractivity contribution is 7.90. The number of aryl methyl sites for hydroxylation is 1. The molecular weight excluding hydrogens is 388 g/mol. The van der Waals surface area contributed by atoms with Crippen molar-refractivity contribution in [3.05, 3.63) is 59.2 Å². The molecule has 1 atom stereocenters.